The Balaban J connectivity index is 4.25. The summed E-state index contributed by atoms with van der Waals surface area (Å²) in [5.41, 5.74) is -0.345. The summed E-state index contributed by atoms with van der Waals surface area (Å²) in [7, 11) is 1.38. The van der Waals surface area contributed by atoms with E-state index in [4.69, 9.17) is 9.47 Å². The molecule has 5 heteroatoms. The molecule has 0 aliphatic heterocycles. The summed E-state index contributed by atoms with van der Waals surface area (Å²) in [5.74, 6) is 1.68. The van der Waals surface area contributed by atoms with Gasteiger partial charge in [-0.2, -0.15) is 11.8 Å². The highest BCUT2D eigenvalue weighted by Crippen LogP contribution is 2.13. The first-order valence-electron chi connectivity index (χ1n) is 6.71. The molecular formula is C15H27NO3S. The van der Waals surface area contributed by atoms with Crippen LogP contribution in [0.3, 0.4) is 0 Å². The number of hydrogen-bond acceptors (Lipinski definition) is 5. The third kappa shape index (κ3) is 9.78. The van der Waals surface area contributed by atoms with Crippen molar-refractivity contribution in [1.82, 2.24) is 5.32 Å². The van der Waals surface area contributed by atoms with Gasteiger partial charge in [0, 0.05) is 5.75 Å². The zero-order valence-corrected chi connectivity index (χ0v) is 13.8. The minimum Gasteiger partial charge on any atom is -0.474 e. The number of allylic oxidation sites excluding steroid dienone is 1. The molecule has 0 aromatic heterocycles. The van der Waals surface area contributed by atoms with Crippen LogP contribution in [0.5, 0.6) is 0 Å². The van der Waals surface area contributed by atoms with Gasteiger partial charge in [0.15, 0.2) is 5.88 Å². The van der Waals surface area contributed by atoms with Gasteiger partial charge in [0.1, 0.15) is 11.6 Å². The van der Waals surface area contributed by atoms with Crippen LogP contribution in [-0.4, -0.2) is 36.2 Å². The van der Waals surface area contributed by atoms with Crippen molar-refractivity contribution < 1.29 is 14.3 Å². The first-order chi connectivity index (χ1) is 9.30. The van der Waals surface area contributed by atoms with E-state index in [0.29, 0.717) is 11.6 Å². The fourth-order valence-electron chi connectivity index (χ4n) is 1.44. The highest BCUT2D eigenvalue weighted by Gasteiger charge is 2.21. The van der Waals surface area contributed by atoms with Crippen LogP contribution in [-0.2, 0) is 14.3 Å². The maximum absolute atomic E-state index is 11.7. The van der Waals surface area contributed by atoms with E-state index in [1.54, 1.807) is 11.8 Å². The van der Waals surface area contributed by atoms with E-state index in [0.717, 1.165) is 18.6 Å². The maximum Gasteiger partial charge on any atom is 0.329 e. The molecule has 1 N–H and O–H groups in total. The number of esters is 1. The van der Waals surface area contributed by atoms with Crippen LogP contribution in [0.4, 0.5) is 0 Å². The molecule has 0 fully saturated rings. The third-order valence-corrected chi connectivity index (χ3v) is 3.38. The molecule has 20 heavy (non-hydrogen) atoms. The molecule has 0 radical (unpaired) electrons. The Morgan fingerprint density at radius 2 is 2.10 bits per heavy atom. The van der Waals surface area contributed by atoms with E-state index in [1.165, 1.54) is 7.11 Å². The second kappa shape index (κ2) is 9.75. The molecule has 0 heterocycles. The van der Waals surface area contributed by atoms with Crippen LogP contribution in [0.2, 0.25) is 0 Å². The molecule has 0 spiro atoms. The SMILES string of the molecule is C=CCCCSC[C@H](NC(=C)OC(C)(C)C)C(=O)OC. The standard InChI is InChI=1S/C15H27NO3S/c1-7-8-9-10-20-11-13(14(17)18-6)16-12(2)19-15(3,4)5/h7,13,16H,1-2,8-11H2,3-6H3/t13-/m0/s1. The fraction of sp³-hybridized carbons (Fsp3) is 0.667. The monoisotopic (exact) mass is 301 g/mol. The van der Waals surface area contributed by atoms with Gasteiger partial charge in [-0.3, -0.25) is 0 Å². The number of carbonyl (C=O) groups is 1. The van der Waals surface area contributed by atoms with E-state index >= 15 is 0 Å². The molecule has 0 bridgehead atoms. The van der Waals surface area contributed by atoms with Crippen molar-refractivity contribution in [1.29, 1.82) is 0 Å². The Morgan fingerprint density at radius 3 is 2.60 bits per heavy atom. The van der Waals surface area contributed by atoms with Crippen molar-refractivity contribution in [3.63, 3.8) is 0 Å². The molecule has 116 valence electrons. The van der Waals surface area contributed by atoms with Gasteiger partial charge in [-0.25, -0.2) is 4.79 Å². The number of methoxy groups -OCH3 is 1. The van der Waals surface area contributed by atoms with Gasteiger partial charge in [0.2, 0.25) is 0 Å². The summed E-state index contributed by atoms with van der Waals surface area (Å²) < 4.78 is 10.4. The average molecular weight is 301 g/mol. The first-order valence-corrected chi connectivity index (χ1v) is 7.86. The number of ether oxygens (including phenoxy) is 2. The summed E-state index contributed by atoms with van der Waals surface area (Å²) >= 11 is 1.70. The normalized spacial score (nSPS) is 12.4. The van der Waals surface area contributed by atoms with Gasteiger partial charge in [-0.15, -0.1) is 6.58 Å². The molecule has 0 aliphatic rings. The van der Waals surface area contributed by atoms with Crippen LogP contribution in [0, 0.1) is 0 Å². The smallest absolute Gasteiger partial charge is 0.329 e. The molecule has 0 aromatic rings. The van der Waals surface area contributed by atoms with Crippen molar-refractivity contribution in [2.24, 2.45) is 0 Å². The number of rotatable bonds is 10. The number of carbonyl (C=O) groups excluding carboxylic acids is 1. The van der Waals surface area contributed by atoms with Gasteiger partial charge in [-0.05, 0) is 45.9 Å². The van der Waals surface area contributed by atoms with Crippen molar-refractivity contribution in [3.05, 3.63) is 25.1 Å². The Labute approximate surface area is 127 Å². The van der Waals surface area contributed by atoms with Crippen LogP contribution < -0.4 is 5.32 Å². The van der Waals surface area contributed by atoms with E-state index in [2.05, 4.69) is 18.5 Å². The lowest BCUT2D eigenvalue weighted by Crippen LogP contribution is -2.41. The lowest BCUT2D eigenvalue weighted by molar-refractivity contribution is -0.142. The van der Waals surface area contributed by atoms with Gasteiger partial charge in [0.25, 0.3) is 0 Å². The molecule has 0 saturated carbocycles. The number of unbranched alkanes of at least 4 members (excludes halogenated alkanes) is 1. The zero-order valence-electron chi connectivity index (χ0n) is 13.0. The third-order valence-electron chi connectivity index (χ3n) is 2.23. The first kappa shape index (κ1) is 18.9. The van der Waals surface area contributed by atoms with Gasteiger partial charge in [0.05, 0.1) is 7.11 Å². The summed E-state index contributed by atoms with van der Waals surface area (Å²) in [5, 5.41) is 2.98. The number of nitrogens with one attached hydrogen (secondary N) is 1. The summed E-state index contributed by atoms with van der Waals surface area (Å²) in [6, 6.07) is -0.441. The zero-order chi connectivity index (χ0) is 15.6. The molecule has 0 saturated heterocycles. The summed E-state index contributed by atoms with van der Waals surface area (Å²) in [4.78, 5) is 11.7. The predicted molar refractivity (Wildman–Crippen MR) is 85.7 cm³/mol. The second-order valence-corrected chi connectivity index (χ2v) is 6.51. The van der Waals surface area contributed by atoms with Crippen LogP contribution in [0.1, 0.15) is 33.6 Å². The van der Waals surface area contributed by atoms with Gasteiger partial charge < -0.3 is 14.8 Å². The van der Waals surface area contributed by atoms with Crippen molar-refractivity contribution in [2.45, 2.75) is 45.3 Å². The Kier molecular flexibility index (Phi) is 9.21. The molecule has 0 rings (SSSR count). The molecule has 0 aliphatic carbocycles. The Morgan fingerprint density at radius 1 is 1.45 bits per heavy atom. The molecule has 0 aromatic carbocycles. The molecule has 1 atom stereocenters. The average Bonchev–Trinajstić information content (AvgIpc) is 2.34. The molecule has 0 unspecified atom stereocenters. The second-order valence-electron chi connectivity index (χ2n) is 5.36. The van der Waals surface area contributed by atoms with Crippen molar-refractivity contribution in [2.75, 3.05) is 18.6 Å². The van der Waals surface area contributed by atoms with Crippen LogP contribution in [0.15, 0.2) is 25.1 Å². The molecular weight excluding hydrogens is 274 g/mol. The van der Waals surface area contributed by atoms with Gasteiger partial charge >= 0.3 is 5.97 Å². The molecule has 4 nitrogen and oxygen atoms in total. The summed E-state index contributed by atoms with van der Waals surface area (Å²) in [6.07, 6.45) is 3.94. The van der Waals surface area contributed by atoms with E-state index in [1.807, 2.05) is 26.8 Å². The largest absolute Gasteiger partial charge is 0.474 e. The van der Waals surface area contributed by atoms with E-state index in [-0.39, 0.29) is 11.6 Å². The minimum absolute atomic E-state index is 0.306. The maximum atomic E-state index is 11.7. The number of hydrogen-bond donors (Lipinski definition) is 1. The molecule has 0 amide bonds. The highest BCUT2D eigenvalue weighted by atomic mass is 32.2. The van der Waals surface area contributed by atoms with Crippen LogP contribution in [0.25, 0.3) is 0 Å². The van der Waals surface area contributed by atoms with Crippen molar-refractivity contribution in [3.8, 4) is 0 Å². The minimum atomic E-state index is -0.441. The lowest BCUT2D eigenvalue weighted by atomic mass is 10.2. The topological polar surface area (TPSA) is 47.6 Å². The highest BCUT2D eigenvalue weighted by molar-refractivity contribution is 7.99. The quantitative estimate of drug-likeness (QED) is 0.291. The lowest BCUT2D eigenvalue weighted by Gasteiger charge is -2.26. The van der Waals surface area contributed by atoms with E-state index in [9.17, 15) is 4.79 Å². The number of thioether (sulfide) groups is 1. The van der Waals surface area contributed by atoms with Crippen molar-refractivity contribution >= 4 is 17.7 Å². The van der Waals surface area contributed by atoms with Crippen LogP contribution >= 0.6 is 11.8 Å². The predicted octanol–water partition coefficient (Wildman–Crippen LogP) is 3.10. The van der Waals surface area contributed by atoms with E-state index < -0.39 is 6.04 Å². The Bertz CT molecular complexity index is 324. The summed E-state index contributed by atoms with van der Waals surface area (Å²) in [6.45, 7) is 13.3. The van der Waals surface area contributed by atoms with Gasteiger partial charge in [-0.1, -0.05) is 6.08 Å². The fourth-order valence-corrected chi connectivity index (χ4v) is 2.43. The Hall–Kier alpha value is -1.10.